The number of hydrogen-bond acceptors (Lipinski definition) is 7. The fourth-order valence-corrected chi connectivity index (χ4v) is 5.76. The number of hydrogen-bond donors (Lipinski definition) is 1. The molecule has 0 unspecified atom stereocenters. The summed E-state index contributed by atoms with van der Waals surface area (Å²) in [4.78, 5) is 32.5. The maximum absolute atomic E-state index is 13.4. The second-order valence-corrected chi connectivity index (χ2v) is 11.5. The van der Waals surface area contributed by atoms with E-state index < -0.39 is 22.9 Å². The first-order valence-corrected chi connectivity index (χ1v) is 15.2. The van der Waals surface area contributed by atoms with Crippen molar-refractivity contribution in [1.82, 2.24) is 4.90 Å². The molecule has 3 aromatic carbocycles. The van der Waals surface area contributed by atoms with Crippen molar-refractivity contribution < 1.29 is 37.0 Å². The zero-order chi connectivity index (χ0) is 31.1. The first-order valence-electron chi connectivity index (χ1n) is 14.3. The smallest absolute Gasteiger partial charge is 0.416 e. The quantitative estimate of drug-likeness (QED) is 0.221. The van der Waals surface area contributed by atoms with E-state index in [1.165, 1.54) is 23.5 Å². The Balaban J connectivity index is 1.32. The topological polar surface area (TPSA) is 89.5 Å². The number of amides is 2. The van der Waals surface area contributed by atoms with E-state index in [4.69, 9.17) is 14.2 Å². The molecule has 44 heavy (non-hydrogen) atoms. The van der Waals surface area contributed by atoms with Gasteiger partial charge in [-0.05, 0) is 66.6 Å². The predicted octanol–water partition coefficient (Wildman–Crippen LogP) is 7.55. The summed E-state index contributed by atoms with van der Waals surface area (Å²) in [6, 6.07) is 16.7. The molecule has 0 aliphatic carbocycles. The number of unbranched alkanes of at least 4 members (excludes halogenated alkanes) is 3. The summed E-state index contributed by atoms with van der Waals surface area (Å²) in [5.74, 6) is 0.988. The van der Waals surface area contributed by atoms with Crippen LogP contribution < -0.4 is 19.5 Å². The van der Waals surface area contributed by atoms with Crippen molar-refractivity contribution in [3.8, 4) is 17.2 Å². The van der Waals surface area contributed by atoms with Crippen LogP contribution in [0.15, 0.2) is 71.7 Å². The number of ether oxygens (including phenoxy) is 3. The number of alkyl halides is 3. The molecule has 0 aromatic heterocycles. The van der Waals surface area contributed by atoms with Crippen LogP contribution in [0.25, 0.3) is 0 Å². The monoisotopic (exact) mass is 627 g/mol. The van der Waals surface area contributed by atoms with Gasteiger partial charge in [0.15, 0.2) is 16.7 Å². The Kier molecular flexibility index (Phi) is 9.99. The van der Waals surface area contributed by atoms with Crippen LogP contribution in [-0.4, -0.2) is 40.5 Å². The summed E-state index contributed by atoms with van der Waals surface area (Å²) in [6.07, 6.45) is -0.295. The third-order valence-corrected chi connectivity index (χ3v) is 8.18. The lowest BCUT2D eigenvalue weighted by Gasteiger charge is -2.32. The van der Waals surface area contributed by atoms with Crippen LogP contribution in [0, 0.1) is 0 Å². The summed E-state index contributed by atoms with van der Waals surface area (Å²) < 4.78 is 56.7. The van der Waals surface area contributed by atoms with Crippen LogP contribution in [-0.2, 0) is 22.3 Å². The number of anilines is 1. The highest BCUT2D eigenvalue weighted by molar-refractivity contribution is 8.15. The van der Waals surface area contributed by atoms with Gasteiger partial charge in [0.25, 0.3) is 0 Å². The number of thioether (sulfide) groups is 1. The maximum Gasteiger partial charge on any atom is 0.416 e. The summed E-state index contributed by atoms with van der Waals surface area (Å²) in [5, 5.41) is 2.09. The number of rotatable bonds is 11. The Morgan fingerprint density at radius 1 is 1.05 bits per heavy atom. The van der Waals surface area contributed by atoms with E-state index in [0.29, 0.717) is 35.1 Å². The van der Waals surface area contributed by atoms with Crippen molar-refractivity contribution in [2.24, 2.45) is 4.99 Å². The van der Waals surface area contributed by atoms with Gasteiger partial charge in [-0.2, -0.15) is 13.2 Å². The second kappa shape index (κ2) is 14.1. The van der Waals surface area contributed by atoms with Crippen LogP contribution in [0.4, 0.5) is 24.5 Å². The highest BCUT2D eigenvalue weighted by Crippen LogP contribution is 2.36. The van der Waals surface area contributed by atoms with Crippen LogP contribution in [0.1, 0.15) is 50.2 Å². The van der Waals surface area contributed by atoms with Gasteiger partial charge in [-0.25, -0.2) is 4.99 Å². The van der Waals surface area contributed by atoms with Gasteiger partial charge >= 0.3 is 6.18 Å². The van der Waals surface area contributed by atoms with E-state index in [9.17, 15) is 22.8 Å². The van der Waals surface area contributed by atoms with Gasteiger partial charge in [-0.15, -0.1) is 0 Å². The van der Waals surface area contributed by atoms with E-state index in [1.54, 1.807) is 42.5 Å². The molecule has 1 N–H and O–H groups in total. The maximum atomic E-state index is 13.4. The Morgan fingerprint density at radius 3 is 2.61 bits per heavy atom. The molecule has 2 aliphatic rings. The molecule has 5 rings (SSSR count). The zero-order valence-corrected chi connectivity index (χ0v) is 24.9. The molecule has 2 amide bonds. The first kappa shape index (κ1) is 31.2. The van der Waals surface area contributed by atoms with Crippen LogP contribution in [0.5, 0.6) is 17.2 Å². The molecular weight excluding hydrogens is 595 g/mol. The predicted molar refractivity (Wildman–Crippen MR) is 162 cm³/mol. The molecule has 0 bridgehead atoms. The molecule has 1 atom stereocenters. The molecule has 3 aromatic rings. The average molecular weight is 628 g/mol. The molecule has 232 valence electrons. The molecule has 1 saturated heterocycles. The molecule has 1 fully saturated rings. The van der Waals surface area contributed by atoms with E-state index in [0.717, 1.165) is 43.2 Å². The molecule has 2 aliphatic heterocycles. The van der Waals surface area contributed by atoms with E-state index in [-0.39, 0.29) is 36.5 Å². The third-order valence-electron chi connectivity index (χ3n) is 7.00. The van der Waals surface area contributed by atoms with Gasteiger partial charge in [0.1, 0.15) is 11.0 Å². The minimum atomic E-state index is -4.56. The number of aliphatic imine (C=N–C) groups is 1. The summed E-state index contributed by atoms with van der Waals surface area (Å²) >= 11 is 1.03. The Morgan fingerprint density at radius 2 is 1.84 bits per heavy atom. The lowest BCUT2D eigenvalue weighted by molar-refractivity contribution is -0.137. The number of carbonyl (C=O) groups is 2. The molecule has 0 spiro atoms. The van der Waals surface area contributed by atoms with Gasteiger partial charge in [0, 0.05) is 12.1 Å². The molecule has 0 saturated carbocycles. The van der Waals surface area contributed by atoms with Gasteiger partial charge in [0.2, 0.25) is 18.6 Å². The number of fused-ring (bicyclic) bond motifs is 1. The van der Waals surface area contributed by atoms with Crippen LogP contribution >= 0.6 is 11.8 Å². The van der Waals surface area contributed by atoms with E-state index >= 15 is 0 Å². The fraction of sp³-hybridized carbons (Fsp3) is 0.344. The van der Waals surface area contributed by atoms with Gasteiger partial charge < -0.3 is 19.5 Å². The lowest BCUT2D eigenvalue weighted by atomic mass is 10.1. The third kappa shape index (κ3) is 8.04. The average Bonchev–Trinajstić information content (AvgIpc) is 3.47. The SMILES string of the molecule is CCCCCCOc1ccc(NC(=O)[C@H]2CC(=O)N(Cc3ccc4c(c3)OCO4)C(=Nc3cccc(C(F)(F)F)c3)S2)cc1. The van der Waals surface area contributed by atoms with Crippen molar-refractivity contribution in [2.75, 3.05) is 18.7 Å². The number of nitrogens with one attached hydrogen (secondary N) is 1. The van der Waals surface area contributed by atoms with Crippen molar-refractivity contribution >= 4 is 40.1 Å². The highest BCUT2D eigenvalue weighted by Gasteiger charge is 2.37. The van der Waals surface area contributed by atoms with Gasteiger partial charge in [0.05, 0.1) is 24.4 Å². The number of amidine groups is 1. The summed E-state index contributed by atoms with van der Waals surface area (Å²) in [5.41, 5.74) is 0.379. The van der Waals surface area contributed by atoms with E-state index in [2.05, 4.69) is 17.2 Å². The molecule has 0 radical (unpaired) electrons. The fourth-order valence-electron chi connectivity index (χ4n) is 4.66. The largest absolute Gasteiger partial charge is 0.494 e. The molecular formula is C32H32F3N3O5S. The minimum Gasteiger partial charge on any atom is -0.494 e. The second-order valence-electron chi connectivity index (χ2n) is 10.3. The van der Waals surface area contributed by atoms with Gasteiger partial charge in [-0.1, -0.05) is 50.1 Å². The van der Waals surface area contributed by atoms with Crippen molar-refractivity contribution in [2.45, 2.75) is 57.0 Å². The van der Waals surface area contributed by atoms with Crippen molar-refractivity contribution in [3.63, 3.8) is 0 Å². The zero-order valence-electron chi connectivity index (χ0n) is 24.1. The highest BCUT2D eigenvalue weighted by atomic mass is 32.2. The molecule has 2 heterocycles. The number of nitrogens with zero attached hydrogens (tertiary/aromatic N) is 2. The van der Waals surface area contributed by atoms with E-state index in [1.807, 2.05) is 0 Å². The standard InChI is InChI=1S/C32H32F3N3O5S/c1-2-3-4-5-15-41-25-12-10-23(11-13-25)36-30(40)28-18-29(39)38(19-21-9-14-26-27(16-21)43-20-42-26)31(44-28)37-24-8-6-7-22(17-24)32(33,34)35/h6-14,16-17,28H,2-5,15,18-20H2,1H3,(H,36,40)/t28-/m1/s1. The summed E-state index contributed by atoms with van der Waals surface area (Å²) in [7, 11) is 0. The normalized spacial score (nSPS) is 17.2. The Bertz CT molecular complexity index is 1510. The van der Waals surface area contributed by atoms with Crippen molar-refractivity contribution in [3.05, 3.63) is 77.9 Å². The van der Waals surface area contributed by atoms with Crippen LogP contribution in [0.2, 0.25) is 0 Å². The summed E-state index contributed by atoms with van der Waals surface area (Å²) in [6.45, 7) is 2.93. The molecule has 8 nitrogen and oxygen atoms in total. The lowest BCUT2D eigenvalue weighted by Crippen LogP contribution is -2.44. The Labute approximate surface area is 257 Å². The Hall–Kier alpha value is -4.19. The number of carbonyl (C=O) groups excluding carboxylic acids is 2. The minimum absolute atomic E-state index is 0.0113. The van der Waals surface area contributed by atoms with Crippen molar-refractivity contribution in [1.29, 1.82) is 0 Å². The number of halogens is 3. The van der Waals surface area contributed by atoms with Gasteiger partial charge in [-0.3, -0.25) is 14.5 Å². The number of benzene rings is 3. The van der Waals surface area contributed by atoms with Crippen LogP contribution in [0.3, 0.4) is 0 Å². The molecule has 12 heteroatoms. The first-order chi connectivity index (χ1) is 21.2.